The number of nitrogens with two attached hydrogens (primary N) is 1. The largest absolute Gasteiger partial charge is 0.359 e. The number of rotatable bonds is 9. The van der Waals surface area contributed by atoms with Crippen LogP contribution in [0.25, 0.3) is 10.6 Å². The van der Waals surface area contributed by atoms with Gasteiger partial charge in [-0.2, -0.15) is 0 Å². The van der Waals surface area contributed by atoms with Gasteiger partial charge < -0.3 is 10.6 Å². The maximum absolute atomic E-state index is 12.2. The van der Waals surface area contributed by atoms with E-state index in [1.807, 2.05) is 49.6 Å². The SMILES string of the molecule is CC1CC1CN(C)c1cc(-c2ncc([C@H](C)C(N)c3ccccc3)s2)cc(N(C)S(C)(=O)=O)n1. The molecule has 1 saturated carbocycles. The van der Waals surface area contributed by atoms with Gasteiger partial charge in [0.05, 0.1) is 6.26 Å². The molecule has 0 radical (unpaired) electrons. The average Bonchev–Trinajstić information content (AvgIpc) is 3.30. The molecule has 1 fully saturated rings. The molecule has 1 aromatic carbocycles. The van der Waals surface area contributed by atoms with E-state index in [2.05, 4.69) is 28.7 Å². The average molecular weight is 500 g/mol. The predicted molar refractivity (Wildman–Crippen MR) is 141 cm³/mol. The van der Waals surface area contributed by atoms with Crippen LogP contribution in [0.1, 0.15) is 42.7 Å². The first-order valence-corrected chi connectivity index (χ1v) is 14.1. The van der Waals surface area contributed by atoms with Crippen LogP contribution in [0.2, 0.25) is 0 Å². The van der Waals surface area contributed by atoms with Crippen molar-refractivity contribution in [2.45, 2.75) is 32.2 Å². The molecule has 2 N–H and O–H groups in total. The van der Waals surface area contributed by atoms with Crippen molar-refractivity contribution in [3.63, 3.8) is 0 Å². The Morgan fingerprint density at radius 2 is 1.82 bits per heavy atom. The smallest absolute Gasteiger partial charge is 0.233 e. The zero-order chi connectivity index (χ0) is 24.6. The summed E-state index contributed by atoms with van der Waals surface area (Å²) in [4.78, 5) is 12.5. The fourth-order valence-corrected chi connectivity index (χ4v) is 5.46. The van der Waals surface area contributed by atoms with Gasteiger partial charge in [-0.3, -0.25) is 4.31 Å². The summed E-state index contributed by atoms with van der Waals surface area (Å²) < 4.78 is 25.7. The molecule has 0 amide bonds. The minimum absolute atomic E-state index is 0.0900. The van der Waals surface area contributed by atoms with Crippen molar-refractivity contribution in [1.82, 2.24) is 9.97 Å². The second-order valence-electron chi connectivity index (χ2n) is 9.45. The number of nitrogens with zero attached hydrogens (tertiary/aromatic N) is 4. The summed E-state index contributed by atoms with van der Waals surface area (Å²) >= 11 is 1.59. The molecule has 4 atom stereocenters. The van der Waals surface area contributed by atoms with E-state index < -0.39 is 10.0 Å². The first-order valence-electron chi connectivity index (χ1n) is 11.5. The molecule has 9 heteroatoms. The van der Waals surface area contributed by atoms with E-state index in [4.69, 9.17) is 5.73 Å². The molecule has 2 aromatic heterocycles. The van der Waals surface area contributed by atoms with Crippen LogP contribution in [0.3, 0.4) is 0 Å². The summed E-state index contributed by atoms with van der Waals surface area (Å²) in [5.41, 5.74) is 8.48. The van der Waals surface area contributed by atoms with Gasteiger partial charge in [-0.05, 0) is 36.0 Å². The van der Waals surface area contributed by atoms with Gasteiger partial charge in [-0.25, -0.2) is 18.4 Å². The number of pyridine rings is 1. The van der Waals surface area contributed by atoms with Crippen molar-refractivity contribution in [1.29, 1.82) is 0 Å². The monoisotopic (exact) mass is 499 g/mol. The van der Waals surface area contributed by atoms with E-state index in [0.717, 1.165) is 39.3 Å². The number of aromatic nitrogens is 2. The highest BCUT2D eigenvalue weighted by atomic mass is 32.2. The van der Waals surface area contributed by atoms with Gasteiger partial charge in [-0.1, -0.05) is 44.2 Å². The number of thiazole rings is 1. The standard InChI is InChI=1S/C25H33N5O2S2/c1-16-11-20(16)15-29(3)22-12-19(13-23(28-22)30(4)34(5,31)32)25-27-14-21(33-25)17(2)24(26)18-9-7-6-8-10-18/h6-10,12-14,16-17,20,24H,11,15,26H2,1-5H3/t16?,17-,20?,24?/m0/s1. The lowest BCUT2D eigenvalue weighted by Gasteiger charge is -2.22. The topological polar surface area (TPSA) is 92.4 Å². The molecule has 0 aliphatic heterocycles. The van der Waals surface area contributed by atoms with Crippen LogP contribution in [0, 0.1) is 11.8 Å². The second-order valence-corrected chi connectivity index (χ2v) is 12.5. The summed E-state index contributed by atoms with van der Waals surface area (Å²) in [6, 6.07) is 13.7. The lowest BCUT2D eigenvalue weighted by Crippen LogP contribution is -2.27. The number of hydrogen-bond donors (Lipinski definition) is 1. The molecule has 7 nitrogen and oxygen atoms in total. The summed E-state index contributed by atoms with van der Waals surface area (Å²) in [5, 5.41) is 0.821. The Bertz CT molecular complexity index is 1250. The van der Waals surface area contributed by atoms with Crippen LogP contribution in [0.5, 0.6) is 0 Å². The summed E-state index contributed by atoms with van der Waals surface area (Å²) in [7, 11) is 0.0916. The number of hydrogen-bond acceptors (Lipinski definition) is 7. The number of anilines is 2. The zero-order valence-corrected chi connectivity index (χ0v) is 22.0. The molecule has 1 aliphatic carbocycles. The zero-order valence-electron chi connectivity index (χ0n) is 20.3. The molecule has 0 saturated heterocycles. The third-order valence-electron chi connectivity index (χ3n) is 6.74. The number of benzene rings is 1. The van der Waals surface area contributed by atoms with Crippen LogP contribution in [0.4, 0.5) is 11.6 Å². The first-order chi connectivity index (χ1) is 16.0. The maximum Gasteiger partial charge on any atom is 0.233 e. The lowest BCUT2D eigenvalue weighted by atomic mass is 9.95. The minimum Gasteiger partial charge on any atom is -0.359 e. The highest BCUT2D eigenvalue weighted by molar-refractivity contribution is 7.92. The van der Waals surface area contributed by atoms with E-state index >= 15 is 0 Å². The van der Waals surface area contributed by atoms with E-state index in [0.29, 0.717) is 11.7 Å². The lowest BCUT2D eigenvalue weighted by molar-refractivity contribution is 0.600. The van der Waals surface area contributed by atoms with Gasteiger partial charge in [0.15, 0.2) is 0 Å². The Labute approximate surface area is 206 Å². The molecule has 2 heterocycles. The Morgan fingerprint density at radius 3 is 2.44 bits per heavy atom. The Balaban J connectivity index is 1.66. The van der Waals surface area contributed by atoms with Crippen molar-refractivity contribution < 1.29 is 8.42 Å². The van der Waals surface area contributed by atoms with Crippen molar-refractivity contribution >= 4 is 33.0 Å². The van der Waals surface area contributed by atoms with Crippen LogP contribution in [0.15, 0.2) is 48.7 Å². The van der Waals surface area contributed by atoms with Gasteiger partial charge in [0.1, 0.15) is 16.6 Å². The molecule has 34 heavy (non-hydrogen) atoms. The van der Waals surface area contributed by atoms with E-state index in [-0.39, 0.29) is 12.0 Å². The summed E-state index contributed by atoms with van der Waals surface area (Å²) in [6.45, 7) is 5.26. The Hall–Kier alpha value is -2.49. The van der Waals surface area contributed by atoms with E-state index in [9.17, 15) is 8.42 Å². The Kier molecular flexibility index (Phi) is 6.98. The fraction of sp³-hybridized carbons (Fsp3) is 0.440. The van der Waals surface area contributed by atoms with Gasteiger partial charge >= 0.3 is 0 Å². The van der Waals surface area contributed by atoms with Gasteiger partial charge in [0.2, 0.25) is 10.0 Å². The normalized spacial score (nSPS) is 19.5. The quantitative estimate of drug-likeness (QED) is 0.466. The Morgan fingerprint density at radius 1 is 1.18 bits per heavy atom. The minimum atomic E-state index is -3.45. The predicted octanol–water partition coefficient (Wildman–Crippen LogP) is 4.50. The maximum atomic E-state index is 12.2. The molecule has 182 valence electrons. The molecule has 4 rings (SSSR count). The number of sulfonamides is 1. The van der Waals surface area contributed by atoms with Crippen LogP contribution in [-0.4, -0.2) is 45.3 Å². The van der Waals surface area contributed by atoms with Gasteiger partial charge in [0, 0.05) is 49.2 Å². The fourth-order valence-electron chi connectivity index (χ4n) is 4.02. The molecular weight excluding hydrogens is 466 g/mol. The third-order valence-corrected chi connectivity index (χ3v) is 9.17. The first kappa shape index (κ1) is 24.6. The summed E-state index contributed by atoms with van der Waals surface area (Å²) in [6.07, 6.45) is 4.28. The van der Waals surface area contributed by atoms with Crippen molar-refractivity contribution in [3.8, 4) is 10.6 Å². The highest BCUT2D eigenvalue weighted by Gasteiger charge is 2.33. The summed E-state index contributed by atoms with van der Waals surface area (Å²) in [5.74, 6) is 2.59. The molecule has 1 aliphatic rings. The third kappa shape index (κ3) is 5.42. The van der Waals surface area contributed by atoms with Crippen molar-refractivity contribution in [3.05, 3.63) is 59.1 Å². The molecule has 3 aromatic rings. The van der Waals surface area contributed by atoms with Crippen LogP contribution < -0.4 is 14.9 Å². The van der Waals surface area contributed by atoms with Crippen LogP contribution in [-0.2, 0) is 10.0 Å². The van der Waals surface area contributed by atoms with Crippen LogP contribution >= 0.6 is 11.3 Å². The molecule has 0 bridgehead atoms. The van der Waals surface area contributed by atoms with Crippen molar-refractivity contribution in [2.24, 2.45) is 17.6 Å². The molecule has 3 unspecified atom stereocenters. The molecular formula is C25H33N5O2S2. The van der Waals surface area contributed by atoms with Gasteiger partial charge in [0.25, 0.3) is 0 Å². The van der Waals surface area contributed by atoms with Crippen molar-refractivity contribution in [2.75, 3.05) is 36.1 Å². The van der Waals surface area contributed by atoms with E-state index in [1.165, 1.54) is 24.0 Å². The van der Waals surface area contributed by atoms with Gasteiger partial charge in [-0.15, -0.1) is 11.3 Å². The van der Waals surface area contributed by atoms with E-state index in [1.54, 1.807) is 17.4 Å². The second kappa shape index (κ2) is 9.64. The highest BCUT2D eigenvalue weighted by Crippen LogP contribution is 2.40. The molecule has 0 spiro atoms.